The van der Waals surface area contributed by atoms with Crippen molar-refractivity contribution in [1.29, 1.82) is 0 Å². The molecule has 4 nitrogen and oxygen atoms in total. The summed E-state index contributed by atoms with van der Waals surface area (Å²) in [4.78, 5) is 12.4. The van der Waals surface area contributed by atoms with Gasteiger partial charge in [-0.3, -0.25) is 4.79 Å². The number of amides is 1. The Bertz CT molecular complexity index is 882. The van der Waals surface area contributed by atoms with Crippen LogP contribution in [0.15, 0.2) is 30.3 Å². The number of carbonyl (C=O) groups excluding carboxylic acids is 1. The van der Waals surface area contributed by atoms with E-state index in [-0.39, 0.29) is 16.7 Å². The third-order valence-corrected chi connectivity index (χ3v) is 5.69. The van der Waals surface area contributed by atoms with Crippen LogP contribution >= 0.6 is 0 Å². The van der Waals surface area contributed by atoms with Crippen molar-refractivity contribution in [1.82, 2.24) is 5.32 Å². The number of aromatic hydroxyl groups is 2. The quantitative estimate of drug-likeness (QED) is 0.545. The molecule has 31 heavy (non-hydrogen) atoms. The number of benzene rings is 2. The predicted octanol–water partition coefficient (Wildman–Crippen LogP) is 5.55. The highest BCUT2D eigenvalue weighted by Gasteiger charge is 2.26. The zero-order chi connectivity index (χ0) is 23.4. The van der Waals surface area contributed by atoms with Crippen molar-refractivity contribution in [3.63, 3.8) is 0 Å². The number of phenolic OH excluding ortho intramolecular Hbond substituents is 2. The maximum atomic E-state index is 12.4. The zero-order valence-corrected chi connectivity index (χ0v) is 20.2. The van der Waals surface area contributed by atoms with Gasteiger partial charge in [0.2, 0.25) is 5.91 Å². The van der Waals surface area contributed by atoms with Crippen LogP contribution in [0.3, 0.4) is 0 Å². The van der Waals surface area contributed by atoms with Gasteiger partial charge < -0.3 is 15.5 Å². The molecule has 3 N–H and O–H groups in total. The Morgan fingerprint density at radius 2 is 1.45 bits per heavy atom. The summed E-state index contributed by atoms with van der Waals surface area (Å²) in [6, 6.07) is 9.71. The Morgan fingerprint density at radius 3 is 1.97 bits per heavy atom. The molecule has 0 fully saturated rings. The number of hydrogen-bond acceptors (Lipinski definition) is 3. The van der Waals surface area contributed by atoms with E-state index in [0.29, 0.717) is 30.9 Å². The number of carbonyl (C=O) groups is 1. The molecule has 0 unspecified atom stereocenters. The molecule has 0 bridgehead atoms. The lowest BCUT2D eigenvalue weighted by molar-refractivity contribution is -0.121. The Morgan fingerprint density at radius 1 is 0.871 bits per heavy atom. The van der Waals surface area contributed by atoms with Gasteiger partial charge in [0.15, 0.2) is 0 Å². The van der Waals surface area contributed by atoms with Gasteiger partial charge in [-0.1, -0.05) is 72.7 Å². The summed E-state index contributed by atoms with van der Waals surface area (Å²) in [5.74, 6) is 0.721. The van der Waals surface area contributed by atoms with Gasteiger partial charge in [-0.25, -0.2) is 0 Å². The molecule has 0 saturated heterocycles. The van der Waals surface area contributed by atoms with Crippen molar-refractivity contribution in [3.8, 4) is 11.5 Å². The third kappa shape index (κ3) is 6.75. The van der Waals surface area contributed by atoms with Crippen molar-refractivity contribution >= 4 is 5.91 Å². The highest BCUT2D eigenvalue weighted by atomic mass is 16.3. The minimum atomic E-state index is -0.177. The summed E-state index contributed by atoms with van der Waals surface area (Å²) < 4.78 is 0. The van der Waals surface area contributed by atoms with Gasteiger partial charge in [0.25, 0.3) is 0 Å². The first-order valence-electron chi connectivity index (χ1n) is 11.3. The summed E-state index contributed by atoms with van der Waals surface area (Å²) in [6.07, 6.45) is 2.57. The van der Waals surface area contributed by atoms with E-state index in [4.69, 9.17) is 0 Å². The smallest absolute Gasteiger partial charge is 0.220 e. The van der Waals surface area contributed by atoms with Crippen LogP contribution < -0.4 is 5.32 Å². The zero-order valence-electron chi connectivity index (χ0n) is 20.2. The van der Waals surface area contributed by atoms with Gasteiger partial charge in [-0.2, -0.15) is 0 Å². The van der Waals surface area contributed by atoms with Gasteiger partial charge in [-0.15, -0.1) is 0 Å². The largest absolute Gasteiger partial charge is 0.508 e. The molecule has 0 aliphatic rings. The van der Waals surface area contributed by atoms with E-state index in [1.165, 1.54) is 0 Å². The molecule has 0 atom stereocenters. The first kappa shape index (κ1) is 24.8. The number of hydrogen-bond donors (Lipinski definition) is 3. The normalized spacial score (nSPS) is 12.1. The second kappa shape index (κ2) is 9.76. The fraction of sp³-hybridized carbons (Fsp3) is 0.519. The Hall–Kier alpha value is -2.49. The lowest BCUT2D eigenvalue weighted by Crippen LogP contribution is -2.26. The van der Waals surface area contributed by atoms with E-state index >= 15 is 0 Å². The number of nitrogens with one attached hydrogen (secondary N) is 1. The van der Waals surface area contributed by atoms with E-state index in [1.807, 2.05) is 31.2 Å². The van der Waals surface area contributed by atoms with Crippen molar-refractivity contribution in [3.05, 3.63) is 58.1 Å². The molecule has 0 saturated carbocycles. The summed E-state index contributed by atoms with van der Waals surface area (Å²) in [6.45, 7) is 15.2. The Balaban J connectivity index is 2.01. The van der Waals surface area contributed by atoms with Crippen molar-refractivity contribution in [2.24, 2.45) is 0 Å². The first-order valence-corrected chi connectivity index (χ1v) is 11.3. The fourth-order valence-corrected chi connectivity index (χ4v) is 3.75. The molecule has 0 aliphatic carbocycles. The van der Waals surface area contributed by atoms with Crippen molar-refractivity contribution < 1.29 is 15.0 Å². The maximum absolute atomic E-state index is 12.4. The van der Waals surface area contributed by atoms with Crippen LogP contribution in [0.2, 0.25) is 0 Å². The third-order valence-electron chi connectivity index (χ3n) is 5.69. The minimum Gasteiger partial charge on any atom is -0.508 e. The van der Waals surface area contributed by atoms with Crippen molar-refractivity contribution in [2.75, 3.05) is 6.54 Å². The topological polar surface area (TPSA) is 69.6 Å². The number of phenols is 2. The molecule has 2 aromatic rings. The molecule has 2 rings (SSSR count). The van der Waals surface area contributed by atoms with Crippen LogP contribution in [0.5, 0.6) is 11.5 Å². The molecule has 0 radical (unpaired) electrons. The molecule has 1 amide bonds. The molecule has 2 aromatic carbocycles. The molecule has 170 valence electrons. The highest BCUT2D eigenvalue weighted by Crippen LogP contribution is 2.40. The molecular formula is C27H39NO3. The minimum absolute atomic E-state index is 0.0252. The average molecular weight is 426 g/mol. The highest BCUT2D eigenvalue weighted by molar-refractivity contribution is 5.76. The lowest BCUT2D eigenvalue weighted by atomic mass is 9.78. The van der Waals surface area contributed by atoms with E-state index in [1.54, 1.807) is 6.07 Å². The van der Waals surface area contributed by atoms with Gasteiger partial charge in [0, 0.05) is 13.0 Å². The molecule has 0 aromatic heterocycles. The first-order chi connectivity index (χ1) is 14.3. The SMILES string of the molecule is CCc1cc(CCNC(=O)CCc2cc(C(C)(C)C)c(O)c(C(C)(C)C)c2)ccc1O. The molecular weight excluding hydrogens is 386 g/mol. The van der Waals surface area contributed by atoms with Crippen molar-refractivity contribution in [2.45, 2.75) is 85.0 Å². The number of aryl methyl sites for hydroxylation is 2. The van der Waals surface area contributed by atoms with E-state index < -0.39 is 0 Å². The average Bonchev–Trinajstić information content (AvgIpc) is 2.66. The number of rotatable bonds is 7. The predicted molar refractivity (Wildman–Crippen MR) is 128 cm³/mol. The second-order valence-electron chi connectivity index (χ2n) is 10.5. The monoisotopic (exact) mass is 425 g/mol. The molecule has 0 spiro atoms. The Labute approximate surface area is 187 Å². The Kier molecular flexibility index (Phi) is 7.80. The van der Waals surface area contributed by atoms with Crippen LogP contribution in [0, 0.1) is 0 Å². The van der Waals surface area contributed by atoms with E-state index in [9.17, 15) is 15.0 Å². The lowest BCUT2D eigenvalue weighted by Gasteiger charge is -2.28. The fourth-order valence-electron chi connectivity index (χ4n) is 3.75. The van der Waals surface area contributed by atoms with Gasteiger partial charge >= 0.3 is 0 Å². The summed E-state index contributed by atoms with van der Waals surface area (Å²) in [5.41, 5.74) is 4.62. The summed E-state index contributed by atoms with van der Waals surface area (Å²) in [7, 11) is 0. The van der Waals surface area contributed by atoms with E-state index in [2.05, 4.69) is 46.9 Å². The van der Waals surface area contributed by atoms with E-state index in [0.717, 1.165) is 40.7 Å². The van der Waals surface area contributed by atoms with Crippen LogP contribution in [0.4, 0.5) is 0 Å². The molecule has 0 heterocycles. The molecule has 4 heteroatoms. The van der Waals surface area contributed by atoms with Gasteiger partial charge in [0.1, 0.15) is 11.5 Å². The van der Waals surface area contributed by atoms with Crippen LogP contribution in [-0.4, -0.2) is 22.7 Å². The van der Waals surface area contributed by atoms with Gasteiger partial charge in [-0.05, 0) is 64.0 Å². The van der Waals surface area contributed by atoms with Crippen LogP contribution in [0.1, 0.15) is 82.7 Å². The maximum Gasteiger partial charge on any atom is 0.220 e. The summed E-state index contributed by atoms with van der Waals surface area (Å²) >= 11 is 0. The van der Waals surface area contributed by atoms with Crippen LogP contribution in [-0.2, 0) is 34.9 Å². The standard InChI is InChI=1S/C27H39NO3/c1-8-20-15-18(9-11-23(20)29)13-14-28-24(30)12-10-19-16-21(26(2,3)4)25(31)22(17-19)27(5,6)7/h9,11,15-17,29,31H,8,10,12-14H2,1-7H3,(H,28,30). The van der Waals surface area contributed by atoms with Gasteiger partial charge in [0.05, 0.1) is 0 Å². The molecule has 0 aliphatic heterocycles. The van der Waals surface area contributed by atoms with Crippen LogP contribution in [0.25, 0.3) is 0 Å². The summed E-state index contributed by atoms with van der Waals surface area (Å²) in [5, 5.41) is 23.6. The second-order valence-corrected chi connectivity index (χ2v) is 10.5.